The predicted molar refractivity (Wildman–Crippen MR) is 99.4 cm³/mol. The lowest BCUT2D eigenvalue weighted by molar-refractivity contribution is -0.122. The standard InChI is InChI=1S/C18H25N3O3.ClH/c22-17(20-14-7-9-19-10-8-14)2-1-11-24-15-4-5-16-13(12-15)3-6-18(23)21-16;/h4-5,12,14,19H,1-3,6-11H2,(H,20,22)(H,21,23);1H. The number of piperidine rings is 1. The van der Waals surface area contributed by atoms with E-state index in [0.29, 0.717) is 31.9 Å². The molecule has 1 aromatic carbocycles. The highest BCUT2D eigenvalue weighted by Crippen LogP contribution is 2.26. The van der Waals surface area contributed by atoms with Crippen molar-refractivity contribution >= 4 is 29.9 Å². The monoisotopic (exact) mass is 367 g/mol. The van der Waals surface area contributed by atoms with Crippen molar-refractivity contribution in [1.82, 2.24) is 10.6 Å². The number of hydrogen-bond donors (Lipinski definition) is 3. The molecule has 0 spiro atoms. The molecule has 0 bridgehead atoms. The molecule has 1 aromatic rings. The molecule has 0 saturated carbocycles. The van der Waals surface area contributed by atoms with E-state index in [1.54, 1.807) is 0 Å². The second-order valence-corrected chi connectivity index (χ2v) is 6.41. The molecule has 3 N–H and O–H groups in total. The topological polar surface area (TPSA) is 79.5 Å². The van der Waals surface area contributed by atoms with Crippen LogP contribution in [0.25, 0.3) is 0 Å². The Hall–Kier alpha value is -1.79. The van der Waals surface area contributed by atoms with Gasteiger partial charge in [-0.05, 0) is 62.5 Å². The van der Waals surface area contributed by atoms with E-state index in [4.69, 9.17) is 4.74 Å². The number of fused-ring (bicyclic) bond motifs is 1. The van der Waals surface area contributed by atoms with Gasteiger partial charge in [0.25, 0.3) is 0 Å². The zero-order chi connectivity index (χ0) is 16.8. The summed E-state index contributed by atoms with van der Waals surface area (Å²) in [5.41, 5.74) is 1.98. The highest BCUT2D eigenvalue weighted by atomic mass is 35.5. The van der Waals surface area contributed by atoms with E-state index in [0.717, 1.165) is 49.4 Å². The van der Waals surface area contributed by atoms with Crippen molar-refractivity contribution in [3.8, 4) is 5.75 Å². The number of anilines is 1. The molecule has 0 aliphatic carbocycles. The van der Waals surface area contributed by atoms with Gasteiger partial charge >= 0.3 is 0 Å². The first kappa shape index (κ1) is 19.5. The first-order valence-corrected chi connectivity index (χ1v) is 8.76. The van der Waals surface area contributed by atoms with Gasteiger partial charge in [0.1, 0.15) is 5.75 Å². The van der Waals surface area contributed by atoms with Gasteiger partial charge in [0.15, 0.2) is 0 Å². The Morgan fingerprint density at radius 2 is 2.04 bits per heavy atom. The van der Waals surface area contributed by atoms with Gasteiger partial charge in [-0.2, -0.15) is 0 Å². The Bertz CT molecular complexity index is 603. The third kappa shape index (κ3) is 5.90. The summed E-state index contributed by atoms with van der Waals surface area (Å²) in [5, 5.41) is 9.23. The van der Waals surface area contributed by atoms with Gasteiger partial charge < -0.3 is 20.7 Å². The van der Waals surface area contributed by atoms with Gasteiger partial charge in [-0.15, -0.1) is 12.4 Å². The van der Waals surface area contributed by atoms with Gasteiger partial charge in [0, 0.05) is 24.6 Å². The number of ether oxygens (including phenoxy) is 1. The van der Waals surface area contributed by atoms with E-state index >= 15 is 0 Å². The molecule has 3 rings (SSSR count). The lowest BCUT2D eigenvalue weighted by atomic mass is 10.0. The minimum atomic E-state index is 0. The van der Waals surface area contributed by atoms with Gasteiger partial charge in [-0.3, -0.25) is 9.59 Å². The van der Waals surface area contributed by atoms with Crippen LogP contribution in [-0.4, -0.2) is 37.6 Å². The number of rotatable bonds is 6. The largest absolute Gasteiger partial charge is 0.494 e. The lowest BCUT2D eigenvalue weighted by Gasteiger charge is -2.23. The summed E-state index contributed by atoms with van der Waals surface area (Å²) in [6.45, 7) is 2.48. The molecule has 2 aliphatic rings. The number of hydrogen-bond acceptors (Lipinski definition) is 4. The molecule has 0 aromatic heterocycles. The quantitative estimate of drug-likeness (QED) is 0.672. The molecule has 1 saturated heterocycles. The minimum absolute atomic E-state index is 0. The van der Waals surface area contributed by atoms with Gasteiger partial charge in [-0.25, -0.2) is 0 Å². The second-order valence-electron chi connectivity index (χ2n) is 6.41. The normalized spacial score (nSPS) is 17.0. The van der Waals surface area contributed by atoms with Crippen LogP contribution in [0.3, 0.4) is 0 Å². The molecular weight excluding hydrogens is 342 g/mol. The number of carbonyl (C=O) groups is 2. The first-order valence-electron chi connectivity index (χ1n) is 8.76. The minimum Gasteiger partial charge on any atom is -0.494 e. The molecule has 0 atom stereocenters. The maximum atomic E-state index is 11.9. The van der Waals surface area contributed by atoms with Crippen LogP contribution in [-0.2, 0) is 16.0 Å². The number of benzene rings is 1. The SMILES string of the molecule is Cl.O=C1CCc2cc(OCCCC(=O)NC3CCNCC3)ccc2N1. The highest BCUT2D eigenvalue weighted by molar-refractivity contribution is 5.94. The number of amides is 2. The number of halogens is 1. The Balaban J connectivity index is 0.00000225. The Morgan fingerprint density at radius 3 is 2.84 bits per heavy atom. The molecule has 0 unspecified atom stereocenters. The summed E-state index contributed by atoms with van der Waals surface area (Å²) in [7, 11) is 0. The summed E-state index contributed by atoms with van der Waals surface area (Å²) in [6.07, 6.45) is 4.47. The third-order valence-corrected chi connectivity index (χ3v) is 4.49. The number of nitrogens with one attached hydrogen (secondary N) is 3. The van der Waals surface area contributed by atoms with Crippen molar-refractivity contribution in [1.29, 1.82) is 0 Å². The van der Waals surface area contributed by atoms with Crippen molar-refractivity contribution in [3.63, 3.8) is 0 Å². The Kier molecular flexibility index (Phi) is 7.52. The predicted octanol–water partition coefficient (Wildman–Crippen LogP) is 2.02. The first-order chi connectivity index (χ1) is 11.7. The van der Waals surface area contributed by atoms with E-state index < -0.39 is 0 Å². The second kappa shape index (κ2) is 9.63. The summed E-state index contributed by atoms with van der Waals surface area (Å²) >= 11 is 0. The van der Waals surface area contributed by atoms with Crippen LogP contribution in [0.5, 0.6) is 5.75 Å². The van der Waals surface area contributed by atoms with E-state index in [9.17, 15) is 9.59 Å². The van der Waals surface area contributed by atoms with Gasteiger partial charge in [0.2, 0.25) is 11.8 Å². The summed E-state index contributed by atoms with van der Waals surface area (Å²) in [4.78, 5) is 23.3. The molecular formula is C18H26ClN3O3. The fourth-order valence-corrected chi connectivity index (χ4v) is 3.14. The van der Waals surface area contributed by atoms with Crippen molar-refractivity contribution in [2.75, 3.05) is 25.0 Å². The maximum absolute atomic E-state index is 11.9. The molecule has 2 aliphatic heterocycles. The van der Waals surface area contributed by atoms with Crippen LogP contribution in [0.2, 0.25) is 0 Å². The average molecular weight is 368 g/mol. The third-order valence-electron chi connectivity index (χ3n) is 4.49. The molecule has 25 heavy (non-hydrogen) atoms. The number of aryl methyl sites for hydroxylation is 1. The molecule has 0 radical (unpaired) electrons. The fourth-order valence-electron chi connectivity index (χ4n) is 3.14. The van der Waals surface area contributed by atoms with Gasteiger partial charge in [-0.1, -0.05) is 0 Å². The van der Waals surface area contributed by atoms with Crippen molar-refractivity contribution < 1.29 is 14.3 Å². The molecule has 138 valence electrons. The molecule has 2 amide bonds. The van der Waals surface area contributed by atoms with Crippen LogP contribution in [0.1, 0.15) is 37.7 Å². The molecule has 1 fully saturated rings. The van der Waals surface area contributed by atoms with Gasteiger partial charge in [0.05, 0.1) is 6.61 Å². The van der Waals surface area contributed by atoms with E-state index in [1.807, 2.05) is 18.2 Å². The average Bonchev–Trinajstić information content (AvgIpc) is 2.59. The zero-order valence-electron chi connectivity index (χ0n) is 14.3. The zero-order valence-corrected chi connectivity index (χ0v) is 15.1. The van der Waals surface area contributed by atoms with E-state index in [2.05, 4.69) is 16.0 Å². The fraction of sp³-hybridized carbons (Fsp3) is 0.556. The molecule has 7 heteroatoms. The van der Waals surface area contributed by atoms with Crippen LogP contribution in [0, 0.1) is 0 Å². The summed E-state index contributed by atoms with van der Waals surface area (Å²) < 4.78 is 5.74. The van der Waals surface area contributed by atoms with E-state index in [-0.39, 0.29) is 24.2 Å². The maximum Gasteiger partial charge on any atom is 0.224 e. The summed E-state index contributed by atoms with van der Waals surface area (Å²) in [6, 6.07) is 6.03. The Morgan fingerprint density at radius 1 is 1.24 bits per heavy atom. The highest BCUT2D eigenvalue weighted by Gasteiger charge is 2.16. The van der Waals surface area contributed by atoms with Crippen molar-refractivity contribution in [2.24, 2.45) is 0 Å². The van der Waals surface area contributed by atoms with E-state index in [1.165, 1.54) is 0 Å². The lowest BCUT2D eigenvalue weighted by Crippen LogP contribution is -2.42. The van der Waals surface area contributed by atoms with Crippen LogP contribution in [0.15, 0.2) is 18.2 Å². The van der Waals surface area contributed by atoms with Crippen LogP contribution >= 0.6 is 12.4 Å². The molecule has 6 nitrogen and oxygen atoms in total. The van der Waals surface area contributed by atoms with Crippen molar-refractivity contribution in [2.45, 2.75) is 44.6 Å². The van der Waals surface area contributed by atoms with Crippen molar-refractivity contribution in [3.05, 3.63) is 23.8 Å². The Labute approximate surface area is 154 Å². The smallest absolute Gasteiger partial charge is 0.224 e. The van der Waals surface area contributed by atoms with Crippen LogP contribution in [0.4, 0.5) is 5.69 Å². The van der Waals surface area contributed by atoms with Crippen LogP contribution < -0.4 is 20.7 Å². The summed E-state index contributed by atoms with van der Waals surface area (Å²) in [5.74, 6) is 0.971. The molecule has 2 heterocycles. The number of carbonyl (C=O) groups excluding carboxylic acids is 2.